The molecule has 2 aromatic rings. The molecule has 0 saturated carbocycles. The standard InChI is InChI=1S/C22H28ClN3O3.ClH/c1-25(2)14-18-19(24-22(28)26-11-5-4-6-12-26)13-17(20(27)21(18)29-3)15-7-9-16(23)10-8-15;/h7-10,13,27H,4-6,11-12,14H2,1-3H3,(H,24,28);1H. The molecule has 1 heterocycles. The van der Waals surface area contributed by atoms with Crippen molar-refractivity contribution in [2.75, 3.05) is 39.6 Å². The number of carbonyl (C=O) groups is 1. The van der Waals surface area contributed by atoms with Crippen LogP contribution in [-0.2, 0) is 6.54 Å². The Labute approximate surface area is 189 Å². The van der Waals surface area contributed by atoms with Crippen molar-refractivity contribution in [2.24, 2.45) is 0 Å². The van der Waals surface area contributed by atoms with Gasteiger partial charge in [-0.2, -0.15) is 0 Å². The molecule has 0 radical (unpaired) electrons. The van der Waals surface area contributed by atoms with E-state index in [2.05, 4.69) is 5.32 Å². The molecule has 0 spiro atoms. The van der Waals surface area contributed by atoms with Gasteiger partial charge in [-0.1, -0.05) is 23.7 Å². The summed E-state index contributed by atoms with van der Waals surface area (Å²) in [6, 6.07) is 8.88. The van der Waals surface area contributed by atoms with Crippen LogP contribution in [0.15, 0.2) is 30.3 Å². The number of phenolic OH excluding ortho intramolecular Hbond substituents is 1. The third kappa shape index (κ3) is 5.50. The van der Waals surface area contributed by atoms with E-state index >= 15 is 0 Å². The molecular weight excluding hydrogens is 425 g/mol. The van der Waals surface area contributed by atoms with Gasteiger partial charge in [0.05, 0.1) is 12.8 Å². The normalized spacial score (nSPS) is 13.7. The number of methoxy groups -OCH3 is 1. The van der Waals surface area contributed by atoms with Crippen molar-refractivity contribution < 1.29 is 14.6 Å². The maximum absolute atomic E-state index is 12.9. The largest absolute Gasteiger partial charge is 0.504 e. The summed E-state index contributed by atoms with van der Waals surface area (Å²) >= 11 is 6.01. The zero-order chi connectivity index (χ0) is 21.0. The quantitative estimate of drug-likeness (QED) is 0.608. The molecule has 0 aliphatic carbocycles. The maximum Gasteiger partial charge on any atom is 0.321 e. The van der Waals surface area contributed by atoms with Crippen molar-refractivity contribution in [1.82, 2.24) is 9.80 Å². The van der Waals surface area contributed by atoms with Crippen LogP contribution in [0.5, 0.6) is 11.5 Å². The first-order chi connectivity index (χ1) is 13.9. The summed E-state index contributed by atoms with van der Waals surface area (Å²) in [5.74, 6) is 0.405. The Balaban J connectivity index is 0.00000320. The van der Waals surface area contributed by atoms with Crippen molar-refractivity contribution in [3.05, 3.63) is 40.9 Å². The van der Waals surface area contributed by atoms with Crippen LogP contribution in [0.25, 0.3) is 11.1 Å². The fourth-order valence-electron chi connectivity index (χ4n) is 3.63. The van der Waals surface area contributed by atoms with Crippen LogP contribution < -0.4 is 10.1 Å². The number of nitrogens with zero attached hydrogens (tertiary/aromatic N) is 2. The van der Waals surface area contributed by atoms with E-state index in [4.69, 9.17) is 16.3 Å². The van der Waals surface area contributed by atoms with Crippen molar-refractivity contribution in [1.29, 1.82) is 0 Å². The third-order valence-corrected chi connectivity index (χ3v) is 5.33. The van der Waals surface area contributed by atoms with E-state index < -0.39 is 0 Å². The summed E-state index contributed by atoms with van der Waals surface area (Å²) in [6.45, 7) is 2.02. The predicted molar refractivity (Wildman–Crippen MR) is 124 cm³/mol. The highest BCUT2D eigenvalue weighted by molar-refractivity contribution is 6.30. The molecule has 0 bridgehead atoms. The molecule has 0 atom stereocenters. The molecule has 0 unspecified atom stereocenters. The van der Waals surface area contributed by atoms with Crippen LogP contribution in [0.1, 0.15) is 24.8 Å². The van der Waals surface area contributed by atoms with E-state index in [1.807, 2.05) is 42.1 Å². The molecule has 30 heavy (non-hydrogen) atoms. The van der Waals surface area contributed by atoms with Crippen LogP contribution in [-0.4, -0.2) is 55.2 Å². The number of nitrogens with one attached hydrogen (secondary N) is 1. The lowest BCUT2D eigenvalue weighted by molar-refractivity contribution is 0.200. The monoisotopic (exact) mass is 453 g/mol. The first-order valence-corrected chi connectivity index (χ1v) is 10.2. The number of anilines is 1. The Kier molecular flexibility index (Phi) is 8.65. The lowest BCUT2D eigenvalue weighted by atomic mass is 9.99. The average molecular weight is 454 g/mol. The second-order valence-corrected chi connectivity index (χ2v) is 7.99. The van der Waals surface area contributed by atoms with Crippen LogP contribution in [0.4, 0.5) is 10.5 Å². The van der Waals surface area contributed by atoms with E-state index in [-0.39, 0.29) is 24.2 Å². The average Bonchev–Trinajstić information content (AvgIpc) is 2.71. The summed E-state index contributed by atoms with van der Waals surface area (Å²) in [6.07, 6.45) is 3.20. The number of halogens is 2. The van der Waals surface area contributed by atoms with Crippen molar-refractivity contribution >= 4 is 35.7 Å². The second kappa shape index (κ2) is 10.8. The minimum atomic E-state index is -0.125. The lowest BCUT2D eigenvalue weighted by Crippen LogP contribution is -2.39. The van der Waals surface area contributed by atoms with Crippen LogP contribution in [0, 0.1) is 0 Å². The summed E-state index contributed by atoms with van der Waals surface area (Å²) < 4.78 is 5.56. The number of hydrogen-bond acceptors (Lipinski definition) is 4. The number of carbonyl (C=O) groups excluding carboxylic acids is 1. The Morgan fingerprint density at radius 1 is 1.20 bits per heavy atom. The highest BCUT2D eigenvalue weighted by Gasteiger charge is 2.23. The van der Waals surface area contributed by atoms with Gasteiger partial charge < -0.3 is 25.0 Å². The SMILES string of the molecule is COc1c(O)c(-c2ccc(Cl)cc2)cc(NC(=O)N2CCCCC2)c1CN(C)C.Cl. The minimum absolute atomic E-state index is 0. The summed E-state index contributed by atoms with van der Waals surface area (Å²) in [5.41, 5.74) is 2.73. The smallest absolute Gasteiger partial charge is 0.321 e. The molecule has 6 nitrogen and oxygen atoms in total. The lowest BCUT2D eigenvalue weighted by Gasteiger charge is -2.28. The maximum atomic E-state index is 12.9. The number of piperidine rings is 1. The summed E-state index contributed by atoms with van der Waals surface area (Å²) in [4.78, 5) is 16.7. The Morgan fingerprint density at radius 2 is 1.83 bits per heavy atom. The zero-order valence-electron chi connectivity index (χ0n) is 17.6. The van der Waals surface area contributed by atoms with E-state index in [1.54, 1.807) is 12.1 Å². The molecule has 1 aliphatic heterocycles. The number of hydrogen-bond donors (Lipinski definition) is 2. The van der Waals surface area contributed by atoms with E-state index in [0.29, 0.717) is 28.6 Å². The highest BCUT2D eigenvalue weighted by atomic mass is 35.5. The number of phenols is 1. The number of aromatic hydroxyl groups is 1. The van der Waals surface area contributed by atoms with E-state index in [1.165, 1.54) is 7.11 Å². The van der Waals surface area contributed by atoms with Gasteiger partial charge >= 0.3 is 6.03 Å². The van der Waals surface area contributed by atoms with Gasteiger partial charge in [-0.3, -0.25) is 0 Å². The first-order valence-electron chi connectivity index (χ1n) is 9.80. The predicted octanol–water partition coefficient (Wildman–Crippen LogP) is 5.22. The molecule has 164 valence electrons. The minimum Gasteiger partial charge on any atom is -0.504 e. The van der Waals surface area contributed by atoms with Gasteiger partial charge in [-0.15, -0.1) is 12.4 Å². The third-order valence-electron chi connectivity index (χ3n) is 5.08. The van der Waals surface area contributed by atoms with Crippen LogP contribution >= 0.6 is 24.0 Å². The van der Waals surface area contributed by atoms with Crippen molar-refractivity contribution in [2.45, 2.75) is 25.8 Å². The summed E-state index contributed by atoms with van der Waals surface area (Å²) in [5, 5.41) is 14.6. The Morgan fingerprint density at radius 3 is 2.40 bits per heavy atom. The first kappa shape index (κ1) is 24.1. The number of benzene rings is 2. The molecule has 2 amide bonds. The van der Waals surface area contributed by atoms with Crippen molar-refractivity contribution in [3.8, 4) is 22.6 Å². The van der Waals surface area contributed by atoms with E-state index in [9.17, 15) is 9.90 Å². The van der Waals surface area contributed by atoms with Gasteiger partial charge in [0.25, 0.3) is 0 Å². The molecule has 3 rings (SSSR count). The number of ether oxygens (including phenoxy) is 1. The number of urea groups is 1. The van der Waals surface area contributed by atoms with Gasteiger partial charge in [-0.25, -0.2) is 4.79 Å². The molecule has 8 heteroatoms. The topological polar surface area (TPSA) is 65.0 Å². The molecule has 1 saturated heterocycles. The van der Waals surface area contributed by atoms with Crippen LogP contribution in [0.2, 0.25) is 5.02 Å². The zero-order valence-corrected chi connectivity index (χ0v) is 19.1. The molecule has 1 fully saturated rings. The number of rotatable bonds is 5. The molecule has 2 N–H and O–H groups in total. The van der Waals surface area contributed by atoms with Gasteiger partial charge in [0.2, 0.25) is 0 Å². The van der Waals surface area contributed by atoms with Gasteiger partial charge in [0.15, 0.2) is 11.5 Å². The fourth-order valence-corrected chi connectivity index (χ4v) is 3.76. The van der Waals surface area contributed by atoms with E-state index in [0.717, 1.165) is 43.5 Å². The highest BCUT2D eigenvalue weighted by Crippen LogP contribution is 2.44. The second-order valence-electron chi connectivity index (χ2n) is 7.55. The number of amides is 2. The number of likely N-dealkylation sites (tertiary alicyclic amines) is 1. The van der Waals surface area contributed by atoms with Gasteiger partial charge in [-0.05, 0) is 57.1 Å². The molecule has 1 aliphatic rings. The van der Waals surface area contributed by atoms with Crippen molar-refractivity contribution in [3.63, 3.8) is 0 Å². The molecule has 2 aromatic carbocycles. The van der Waals surface area contributed by atoms with Gasteiger partial charge in [0, 0.05) is 35.8 Å². The molecule has 0 aromatic heterocycles. The van der Waals surface area contributed by atoms with Crippen LogP contribution in [0.3, 0.4) is 0 Å². The van der Waals surface area contributed by atoms with Gasteiger partial charge in [0.1, 0.15) is 0 Å². The Hall–Kier alpha value is -2.15. The molecular formula is C22H29Cl2N3O3. The summed E-state index contributed by atoms with van der Waals surface area (Å²) in [7, 11) is 5.38. The Bertz CT molecular complexity index is 867. The fraction of sp³-hybridized carbons (Fsp3) is 0.409.